The molecule has 5 heteroatoms. The van der Waals surface area contributed by atoms with E-state index in [-0.39, 0.29) is 24.2 Å². The van der Waals surface area contributed by atoms with Crippen LogP contribution in [0.3, 0.4) is 0 Å². The lowest BCUT2D eigenvalue weighted by Gasteiger charge is -2.18. The molecular weight excluding hydrogens is 328 g/mol. The van der Waals surface area contributed by atoms with Crippen LogP contribution in [0.2, 0.25) is 0 Å². The van der Waals surface area contributed by atoms with Crippen LogP contribution < -0.4 is 15.0 Å². The van der Waals surface area contributed by atoms with Crippen LogP contribution >= 0.6 is 0 Å². The number of carbonyl (C=O) groups is 2. The van der Waals surface area contributed by atoms with Crippen LogP contribution in [0.5, 0.6) is 5.75 Å². The molecule has 1 fully saturated rings. The number of hydrogen-bond acceptors (Lipinski definition) is 3. The zero-order valence-corrected chi connectivity index (χ0v) is 15.2. The first-order chi connectivity index (χ1) is 12.5. The number of nitrogens with zero attached hydrogens (tertiary/aromatic N) is 1. The Morgan fingerprint density at radius 1 is 1.15 bits per heavy atom. The monoisotopic (exact) mass is 352 g/mol. The lowest BCUT2D eigenvalue weighted by molar-refractivity contribution is -0.126. The zero-order valence-electron chi connectivity index (χ0n) is 15.2. The fourth-order valence-corrected chi connectivity index (χ4v) is 3.24. The first-order valence-electron chi connectivity index (χ1n) is 8.87. The van der Waals surface area contributed by atoms with Gasteiger partial charge in [-0.3, -0.25) is 9.59 Å². The molecule has 1 aliphatic rings. The largest absolute Gasteiger partial charge is 0.492 e. The first-order valence-corrected chi connectivity index (χ1v) is 8.87. The Morgan fingerprint density at radius 3 is 2.54 bits per heavy atom. The van der Waals surface area contributed by atoms with Gasteiger partial charge in [0.1, 0.15) is 12.4 Å². The van der Waals surface area contributed by atoms with Crippen LogP contribution in [0.25, 0.3) is 0 Å². The van der Waals surface area contributed by atoms with Crippen molar-refractivity contribution in [3.63, 3.8) is 0 Å². The molecule has 1 heterocycles. The summed E-state index contributed by atoms with van der Waals surface area (Å²) in [5, 5.41) is 2.87. The van der Waals surface area contributed by atoms with Gasteiger partial charge in [-0.25, -0.2) is 0 Å². The minimum absolute atomic E-state index is 0.00399. The minimum Gasteiger partial charge on any atom is -0.492 e. The van der Waals surface area contributed by atoms with Gasteiger partial charge >= 0.3 is 0 Å². The van der Waals surface area contributed by atoms with Crippen molar-refractivity contribution < 1.29 is 14.3 Å². The normalized spacial score (nSPS) is 16.6. The summed E-state index contributed by atoms with van der Waals surface area (Å²) < 4.78 is 5.56. The molecule has 0 saturated carbocycles. The van der Waals surface area contributed by atoms with E-state index in [1.54, 1.807) is 4.90 Å². The van der Waals surface area contributed by atoms with Crippen molar-refractivity contribution in [2.75, 3.05) is 24.6 Å². The molecule has 0 aromatic heterocycles. The van der Waals surface area contributed by atoms with E-state index in [9.17, 15) is 9.59 Å². The maximum absolute atomic E-state index is 12.4. The predicted molar refractivity (Wildman–Crippen MR) is 101 cm³/mol. The number of amides is 2. The van der Waals surface area contributed by atoms with E-state index in [1.807, 2.05) is 56.3 Å². The van der Waals surface area contributed by atoms with Crippen molar-refractivity contribution in [1.29, 1.82) is 0 Å². The average Bonchev–Trinajstić information content (AvgIpc) is 3.00. The van der Waals surface area contributed by atoms with E-state index in [1.165, 1.54) is 0 Å². The number of aryl methyl sites for hydroxylation is 2. The van der Waals surface area contributed by atoms with Crippen molar-refractivity contribution in [3.05, 3.63) is 59.7 Å². The Bertz CT molecular complexity index is 769. The quantitative estimate of drug-likeness (QED) is 0.814. The van der Waals surface area contributed by atoms with Gasteiger partial charge in [-0.15, -0.1) is 0 Å². The van der Waals surface area contributed by atoms with Crippen LogP contribution in [-0.4, -0.2) is 31.5 Å². The van der Waals surface area contributed by atoms with Crippen molar-refractivity contribution in [2.45, 2.75) is 20.3 Å². The zero-order chi connectivity index (χ0) is 18.5. The van der Waals surface area contributed by atoms with E-state index in [4.69, 9.17) is 4.74 Å². The molecule has 2 amide bonds. The van der Waals surface area contributed by atoms with Gasteiger partial charge in [0.2, 0.25) is 11.8 Å². The SMILES string of the molecule is Cc1cc(C)cc(N2C[C@@H](C(=O)NCCOc3ccccc3)CC2=O)c1. The third-order valence-electron chi connectivity index (χ3n) is 4.43. The van der Waals surface area contributed by atoms with Crippen molar-refractivity contribution in [2.24, 2.45) is 5.92 Å². The molecule has 1 aliphatic heterocycles. The van der Waals surface area contributed by atoms with E-state index in [2.05, 4.69) is 11.4 Å². The van der Waals surface area contributed by atoms with Crippen LogP contribution in [-0.2, 0) is 9.59 Å². The minimum atomic E-state index is -0.319. The maximum Gasteiger partial charge on any atom is 0.227 e. The van der Waals surface area contributed by atoms with Crippen molar-refractivity contribution >= 4 is 17.5 Å². The summed E-state index contributed by atoms with van der Waals surface area (Å²) in [6.07, 6.45) is 0.248. The van der Waals surface area contributed by atoms with Crippen molar-refractivity contribution in [3.8, 4) is 5.75 Å². The molecule has 1 saturated heterocycles. The number of hydrogen-bond donors (Lipinski definition) is 1. The molecule has 3 rings (SSSR count). The van der Waals surface area contributed by atoms with Gasteiger partial charge in [0.25, 0.3) is 0 Å². The number of rotatable bonds is 6. The second-order valence-electron chi connectivity index (χ2n) is 6.70. The van der Waals surface area contributed by atoms with E-state index < -0.39 is 0 Å². The summed E-state index contributed by atoms with van der Waals surface area (Å²) in [5.41, 5.74) is 3.09. The Balaban J connectivity index is 1.50. The highest BCUT2D eigenvalue weighted by Gasteiger charge is 2.35. The van der Waals surface area contributed by atoms with Crippen LogP contribution in [0.15, 0.2) is 48.5 Å². The van der Waals surface area contributed by atoms with Crippen molar-refractivity contribution in [1.82, 2.24) is 5.32 Å². The Labute approximate surface area is 154 Å². The highest BCUT2D eigenvalue weighted by atomic mass is 16.5. The fourth-order valence-electron chi connectivity index (χ4n) is 3.24. The highest BCUT2D eigenvalue weighted by Crippen LogP contribution is 2.27. The first kappa shape index (κ1) is 18.0. The molecular formula is C21H24N2O3. The second-order valence-corrected chi connectivity index (χ2v) is 6.70. The second kappa shape index (κ2) is 8.04. The fraction of sp³-hybridized carbons (Fsp3) is 0.333. The molecule has 0 aliphatic carbocycles. The number of para-hydroxylation sites is 1. The molecule has 1 atom stereocenters. The Hall–Kier alpha value is -2.82. The predicted octanol–water partition coefficient (Wildman–Crippen LogP) is 2.85. The molecule has 2 aromatic rings. The van der Waals surface area contributed by atoms with Gasteiger partial charge in [-0.1, -0.05) is 24.3 Å². The highest BCUT2D eigenvalue weighted by molar-refractivity contribution is 6.00. The molecule has 2 aromatic carbocycles. The summed E-state index contributed by atoms with van der Waals surface area (Å²) >= 11 is 0. The van der Waals surface area contributed by atoms with Gasteiger partial charge in [0.05, 0.1) is 12.5 Å². The summed E-state index contributed by atoms with van der Waals surface area (Å²) in [6.45, 7) is 5.26. The standard InChI is InChI=1S/C21H24N2O3/c1-15-10-16(2)12-18(11-15)23-14-17(13-20(23)24)21(25)22-8-9-26-19-6-4-3-5-7-19/h3-7,10-12,17H,8-9,13-14H2,1-2H3,(H,22,25)/t17-/m0/s1. The molecule has 26 heavy (non-hydrogen) atoms. The lowest BCUT2D eigenvalue weighted by atomic mass is 10.1. The van der Waals surface area contributed by atoms with E-state index in [0.29, 0.717) is 19.7 Å². The van der Waals surface area contributed by atoms with Crippen LogP contribution in [0, 0.1) is 19.8 Å². The molecule has 0 unspecified atom stereocenters. The van der Waals surface area contributed by atoms with E-state index >= 15 is 0 Å². The average molecular weight is 352 g/mol. The molecule has 5 nitrogen and oxygen atoms in total. The van der Waals surface area contributed by atoms with Gasteiger partial charge in [-0.05, 0) is 49.2 Å². The molecule has 136 valence electrons. The summed E-state index contributed by atoms with van der Waals surface area (Å²) in [6, 6.07) is 15.5. The third-order valence-corrected chi connectivity index (χ3v) is 4.43. The van der Waals surface area contributed by atoms with Gasteiger partial charge in [-0.2, -0.15) is 0 Å². The third kappa shape index (κ3) is 4.42. The van der Waals surface area contributed by atoms with Crippen LogP contribution in [0.4, 0.5) is 5.69 Å². The summed E-state index contributed by atoms with van der Waals surface area (Å²) in [4.78, 5) is 26.4. The van der Waals surface area contributed by atoms with Gasteiger partial charge in [0, 0.05) is 18.7 Å². The lowest BCUT2D eigenvalue weighted by Crippen LogP contribution is -2.35. The topological polar surface area (TPSA) is 58.6 Å². The molecule has 1 N–H and O–H groups in total. The Kier molecular flexibility index (Phi) is 5.56. The molecule has 0 bridgehead atoms. The summed E-state index contributed by atoms with van der Waals surface area (Å²) in [7, 11) is 0. The molecule has 0 radical (unpaired) electrons. The summed E-state index contributed by atoms with van der Waals surface area (Å²) in [5.74, 6) is 0.358. The van der Waals surface area contributed by atoms with E-state index in [0.717, 1.165) is 22.6 Å². The Morgan fingerprint density at radius 2 is 1.85 bits per heavy atom. The number of benzene rings is 2. The number of ether oxygens (including phenoxy) is 1. The number of nitrogens with one attached hydrogen (secondary N) is 1. The van der Waals surface area contributed by atoms with Crippen LogP contribution in [0.1, 0.15) is 17.5 Å². The van der Waals surface area contributed by atoms with Gasteiger partial charge in [0.15, 0.2) is 0 Å². The maximum atomic E-state index is 12.4. The number of anilines is 1. The molecule has 0 spiro atoms. The smallest absolute Gasteiger partial charge is 0.227 e. The van der Waals surface area contributed by atoms with Gasteiger partial charge < -0.3 is 15.0 Å². The number of carbonyl (C=O) groups excluding carboxylic acids is 2.